The molecule has 0 radical (unpaired) electrons. The molecule has 9 nitrogen and oxygen atoms in total. The van der Waals surface area contributed by atoms with Gasteiger partial charge >= 0.3 is 0 Å². The van der Waals surface area contributed by atoms with E-state index in [9.17, 15) is 9.59 Å². The number of carbonyl (C=O) groups excluding carboxylic acids is 2. The van der Waals surface area contributed by atoms with Gasteiger partial charge in [0.25, 0.3) is 0 Å². The molecule has 0 atom stereocenters. The van der Waals surface area contributed by atoms with Crippen molar-refractivity contribution in [1.82, 2.24) is 9.80 Å². The van der Waals surface area contributed by atoms with Gasteiger partial charge in [-0.05, 0) is 0 Å². The van der Waals surface area contributed by atoms with Crippen LogP contribution < -0.4 is 0 Å². The lowest BCUT2D eigenvalue weighted by Crippen LogP contribution is -2.40. The van der Waals surface area contributed by atoms with Crippen LogP contribution in [-0.4, -0.2) is 114 Å². The molecule has 2 aliphatic rings. The van der Waals surface area contributed by atoms with Crippen LogP contribution in [0.2, 0.25) is 0 Å². The fourth-order valence-electron chi connectivity index (χ4n) is 2.46. The molecule has 25 heavy (non-hydrogen) atoms. The average Bonchev–Trinajstić information content (AvgIpc) is 2.62. The number of ether oxygens (including phenoxy) is 5. The zero-order valence-electron chi connectivity index (χ0n) is 14.7. The van der Waals surface area contributed by atoms with Gasteiger partial charge in [-0.3, -0.25) is 9.59 Å². The first-order valence-electron chi connectivity index (χ1n) is 8.71. The summed E-state index contributed by atoms with van der Waals surface area (Å²) in [6.07, 6.45) is 0. The Balaban J connectivity index is 2.01. The van der Waals surface area contributed by atoms with Gasteiger partial charge in [-0.2, -0.15) is 0 Å². The molecule has 2 saturated heterocycles. The third-order valence-corrected chi connectivity index (χ3v) is 3.92. The number of carbonyl (C=O) groups is 2. The summed E-state index contributed by atoms with van der Waals surface area (Å²) in [6.45, 7) is 4.95. The maximum atomic E-state index is 12.2. The van der Waals surface area contributed by atoms with Gasteiger partial charge in [-0.15, -0.1) is 0 Å². The van der Waals surface area contributed by atoms with Crippen molar-refractivity contribution >= 4 is 11.8 Å². The van der Waals surface area contributed by atoms with Crippen molar-refractivity contribution in [1.29, 1.82) is 0 Å². The van der Waals surface area contributed by atoms with Gasteiger partial charge in [0.1, 0.15) is 13.2 Å². The highest BCUT2D eigenvalue weighted by Crippen LogP contribution is 1.98. The van der Waals surface area contributed by atoms with Crippen molar-refractivity contribution in [2.45, 2.75) is 0 Å². The van der Waals surface area contributed by atoms with Gasteiger partial charge in [0.15, 0.2) is 0 Å². The van der Waals surface area contributed by atoms with Crippen LogP contribution in [0.4, 0.5) is 0 Å². The summed E-state index contributed by atoms with van der Waals surface area (Å²) in [5, 5.41) is 0. The molecule has 2 fully saturated rings. The van der Waals surface area contributed by atoms with E-state index in [1.807, 2.05) is 0 Å². The van der Waals surface area contributed by atoms with Crippen molar-refractivity contribution in [2.24, 2.45) is 0 Å². The molecular weight excluding hydrogens is 332 g/mol. The second-order valence-corrected chi connectivity index (χ2v) is 5.70. The third kappa shape index (κ3) is 8.10. The average molecular weight is 360 g/mol. The van der Waals surface area contributed by atoms with E-state index in [1.54, 1.807) is 9.80 Å². The molecule has 0 unspecified atom stereocenters. The highest BCUT2D eigenvalue weighted by Gasteiger charge is 2.17. The SMILES string of the molecule is O=C1COCCOCC(=O)N2CCOCCOCCN1CCOCC2. The Morgan fingerprint density at radius 3 is 1.20 bits per heavy atom. The maximum absolute atomic E-state index is 12.2. The molecule has 2 bridgehead atoms. The highest BCUT2D eigenvalue weighted by atomic mass is 16.5. The number of nitrogens with zero attached hydrogens (tertiary/aromatic N) is 2. The van der Waals surface area contributed by atoms with E-state index in [0.717, 1.165) is 0 Å². The fraction of sp³-hybridized carbons (Fsp3) is 0.875. The lowest BCUT2D eigenvalue weighted by molar-refractivity contribution is -0.140. The molecule has 0 aliphatic carbocycles. The lowest BCUT2D eigenvalue weighted by atomic mass is 10.4. The van der Waals surface area contributed by atoms with Crippen LogP contribution in [0.1, 0.15) is 0 Å². The summed E-state index contributed by atoms with van der Waals surface area (Å²) in [7, 11) is 0. The van der Waals surface area contributed by atoms with Gasteiger partial charge in [0.05, 0.1) is 52.9 Å². The summed E-state index contributed by atoms with van der Waals surface area (Å²) in [4.78, 5) is 27.8. The second kappa shape index (κ2) is 12.2. The topological polar surface area (TPSA) is 86.8 Å². The van der Waals surface area contributed by atoms with Gasteiger partial charge in [0.2, 0.25) is 11.8 Å². The number of fused-ring (bicyclic) bond motifs is 6. The van der Waals surface area contributed by atoms with Crippen LogP contribution in [0.25, 0.3) is 0 Å². The fourth-order valence-corrected chi connectivity index (χ4v) is 2.46. The molecule has 2 heterocycles. The van der Waals surface area contributed by atoms with Gasteiger partial charge < -0.3 is 33.5 Å². The number of hydrogen-bond acceptors (Lipinski definition) is 7. The Bertz CT molecular complexity index is 372. The van der Waals surface area contributed by atoms with Crippen molar-refractivity contribution in [3.8, 4) is 0 Å². The first-order valence-corrected chi connectivity index (χ1v) is 8.71. The largest absolute Gasteiger partial charge is 0.378 e. The Morgan fingerprint density at radius 1 is 0.480 bits per heavy atom. The molecule has 0 N–H and O–H groups in total. The molecular formula is C16H28N2O7. The molecule has 2 rings (SSSR count). The smallest absolute Gasteiger partial charge is 0.248 e. The number of amides is 2. The first-order chi connectivity index (χ1) is 12.3. The van der Waals surface area contributed by atoms with E-state index >= 15 is 0 Å². The van der Waals surface area contributed by atoms with Crippen molar-refractivity contribution in [2.75, 3.05) is 92.2 Å². The van der Waals surface area contributed by atoms with Crippen LogP contribution >= 0.6 is 0 Å². The van der Waals surface area contributed by atoms with Gasteiger partial charge in [-0.1, -0.05) is 0 Å². The minimum absolute atomic E-state index is 0.0213. The third-order valence-electron chi connectivity index (χ3n) is 3.92. The maximum Gasteiger partial charge on any atom is 0.248 e. The van der Waals surface area contributed by atoms with Crippen molar-refractivity contribution in [3.63, 3.8) is 0 Å². The first kappa shape index (κ1) is 20.1. The zero-order valence-corrected chi connectivity index (χ0v) is 14.7. The highest BCUT2D eigenvalue weighted by molar-refractivity contribution is 5.77. The molecule has 2 amide bonds. The lowest BCUT2D eigenvalue weighted by Gasteiger charge is -2.23. The quantitative estimate of drug-likeness (QED) is 0.499. The summed E-state index contributed by atoms with van der Waals surface area (Å²) in [6, 6.07) is 0. The summed E-state index contributed by atoms with van der Waals surface area (Å²) in [5.41, 5.74) is 0. The standard InChI is InChI=1S/C16H28N2O7/c19-15-13-24-11-12-25-14-16(20)18-2-6-21-5-1-17(15)3-7-22-9-10-23-8-4-18/h1-14H2. The monoisotopic (exact) mass is 360 g/mol. The van der Waals surface area contributed by atoms with E-state index in [0.29, 0.717) is 65.8 Å². The van der Waals surface area contributed by atoms with E-state index in [1.165, 1.54) is 0 Å². The summed E-state index contributed by atoms with van der Waals surface area (Å²) < 4.78 is 27.3. The predicted octanol–water partition coefficient (Wildman–Crippen LogP) is -1.25. The van der Waals surface area contributed by atoms with Crippen molar-refractivity contribution < 1.29 is 33.3 Å². The van der Waals surface area contributed by atoms with Crippen LogP contribution in [0.15, 0.2) is 0 Å². The summed E-state index contributed by atoms with van der Waals surface area (Å²) >= 11 is 0. The normalized spacial score (nSPS) is 24.2. The summed E-state index contributed by atoms with van der Waals surface area (Å²) in [5.74, 6) is -0.222. The second-order valence-electron chi connectivity index (χ2n) is 5.70. The Hall–Kier alpha value is -1.26. The molecule has 0 saturated carbocycles. The molecule has 0 aromatic carbocycles. The van der Waals surface area contributed by atoms with Crippen LogP contribution in [0, 0.1) is 0 Å². The molecule has 0 spiro atoms. The van der Waals surface area contributed by atoms with Gasteiger partial charge in [-0.25, -0.2) is 0 Å². The Morgan fingerprint density at radius 2 is 0.800 bits per heavy atom. The Kier molecular flexibility index (Phi) is 9.75. The van der Waals surface area contributed by atoms with E-state index in [4.69, 9.17) is 23.7 Å². The molecule has 9 heteroatoms. The van der Waals surface area contributed by atoms with E-state index in [2.05, 4.69) is 0 Å². The van der Waals surface area contributed by atoms with Gasteiger partial charge in [0, 0.05) is 26.2 Å². The molecule has 0 aromatic rings. The van der Waals surface area contributed by atoms with Crippen LogP contribution in [-0.2, 0) is 33.3 Å². The van der Waals surface area contributed by atoms with Crippen molar-refractivity contribution in [3.05, 3.63) is 0 Å². The van der Waals surface area contributed by atoms with E-state index < -0.39 is 0 Å². The van der Waals surface area contributed by atoms with E-state index in [-0.39, 0.29) is 38.2 Å². The molecule has 2 aliphatic heterocycles. The van der Waals surface area contributed by atoms with Crippen LogP contribution in [0.3, 0.4) is 0 Å². The number of hydrogen-bond donors (Lipinski definition) is 0. The minimum atomic E-state index is -0.111. The molecule has 0 aromatic heterocycles. The molecule has 144 valence electrons. The Labute approximate surface area is 148 Å². The predicted molar refractivity (Wildman–Crippen MR) is 87.3 cm³/mol. The van der Waals surface area contributed by atoms with Crippen LogP contribution in [0.5, 0.6) is 0 Å². The minimum Gasteiger partial charge on any atom is -0.378 e. The zero-order chi connectivity index (χ0) is 17.7. The number of rotatable bonds is 0.